The van der Waals surface area contributed by atoms with Crippen molar-refractivity contribution in [2.75, 3.05) is 6.54 Å². The highest BCUT2D eigenvalue weighted by Gasteiger charge is 2.44. The van der Waals surface area contributed by atoms with E-state index in [2.05, 4.69) is 85.5 Å². The van der Waals surface area contributed by atoms with Crippen LogP contribution in [-0.2, 0) is 0 Å². The van der Waals surface area contributed by atoms with Crippen molar-refractivity contribution in [3.05, 3.63) is 82.4 Å². The average Bonchev–Trinajstić information content (AvgIpc) is 3.31. The molecular formula is C25H28N4S. The molecule has 2 aromatic heterocycles. The zero-order valence-electron chi connectivity index (χ0n) is 18.3. The Balaban J connectivity index is 1.63. The maximum atomic E-state index is 5.14. The molecule has 0 N–H and O–H groups in total. The fraction of sp³-hybridized carbons (Fsp3) is 0.360. The molecule has 1 saturated heterocycles. The van der Waals surface area contributed by atoms with Crippen LogP contribution < -0.4 is 0 Å². The smallest absolute Gasteiger partial charge is 0.160 e. The first-order valence-corrected chi connectivity index (χ1v) is 11.5. The van der Waals surface area contributed by atoms with Crippen LogP contribution in [0.2, 0.25) is 0 Å². The third-order valence-electron chi connectivity index (χ3n) is 6.13. The predicted octanol–water partition coefficient (Wildman–Crippen LogP) is 5.70. The first-order chi connectivity index (χ1) is 14.4. The number of thioether (sulfide) groups is 1. The summed E-state index contributed by atoms with van der Waals surface area (Å²) >= 11 is 1.89. The molecular weight excluding hydrogens is 388 g/mol. The maximum Gasteiger partial charge on any atom is 0.160 e. The van der Waals surface area contributed by atoms with E-state index in [9.17, 15) is 0 Å². The lowest BCUT2D eigenvalue weighted by Gasteiger charge is -2.27. The van der Waals surface area contributed by atoms with Gasteiger partial charge in [0.1, 0.15) is 6.04 Å². The molecule has 0 bridgehead atoms. The second-order valence-electron chi connectivity index (χ2n) is 8.64. The Morgan fingerprint density at radius 2 is 1.77 bits per heavy atom. The van der Waals surface area contributed by atoms with Crippen LogP contribution in [0, 0.1) is 27.7 Å². The Kier molecular flexibility index (Phi) is 4.73. The molecule has 2 aliphatic rings. The number of fused-ring (bicyclic) bond motifs is 1. The lowest BCUT2D eigenvalue weighted by Crippen LogP contribution is -2.28. The van der Waals surface area contributed by atoms with Crippen LogP contribution in [0.1, 0.15) is 52.8 Å². The molecule has 0 radical (unpaired) electrons. The van der Waals surface area contributed by atoms with Crippen molar-refractivity contribution >= 4 is 16.9 Å². The molecule has 3 aromatic rings. The summed E-state index contributed by atoms with van der Waals surface area (Å²) in [5.41, 5.74) is 8.80. The lowest BCUT2D eigenvalue weighted by molar-refractivity contribution is 0.320. The molecule has 30 heavy (non-hydrogen) atoms. The normalized spacial score (nSPS) is 23.0. The summed E-state index contributed by atoms with van der Waals surface area (Å²) in [6.07, 6.45) is 1.88. The number of aliphatic imine (C=N–C) groups is 1. The van der Waals surface area contributed by atoms with Gasteiger partial charge in [-0.05, 0) is 74.7 Å². The molecule has 0 amide bonds. The number of nitrogens with zero attached hydrogens (tertiary/aromatic N) is 4. The van der Waals surface area contributed by atoms with E-state index in [0.717, 1.165) is 12.2 Å². The number of hydrogen-bond donors (Lipinski definition) is 0. The van der Waals surface area contributed by atoms with Gasteiger partial charge < -0.3 is 9.47 Å². The maximum absolute atomic E-state index is 5.14. The van der Waals surface area contributed by atoms with Gasteiger partial charge in [-0.3, -0.25) is 9.98 Å². The molecule has 4 heterocycles. The summed E-state index contributed by atoms with van der Waals surface area (Å²) in [5, 5.41) is 1.73. The lowest BCUT2D eigenvalue weighted by atomic mass is 9.96. The monoisotopic (exact) mass is 416 g/mol. The van der Waals surface area contributed by atoms with Crippen LogP contribution in [0.4, 0.5) is 0 Å². The van der Waals surface area contributed by atoms with Gasteiger partial charge in [0, 0.05) is 35.1 Å². The Morgan fingerprint density at radius 3 is 2.47 bits per heavy atom. The van der Waals surface area contributed by atoms with Crippen molar-refractivity contribution in [2.24, 2.45) is 4.99 Å². The number of rotatable bonds is 3. The number of amidine groups is 1. The molecule has 0 saturated carbocycles. The second-order valence-corrected chi connectivity index (χ2v) is 10.1. The van der Waals surface area contributed by atoms with Crippen LogP contribution in [-0.4, -0.2) is 31.4 Å². The van der Waals surface area contributed by atoms with Crippen molar-refractivity contribution in [2.45, 2.75) is 52.0 Å². The van der Waals surface area contributed by atoms with Gasteiger partial charge in [0.15, 0.2) is 5.17 Å². The van der Waals surface area contributed by atoms with Crippen LogP contribution >= 0.6 is 11.8 Å². The molecule has 2 aliphatic heterocycles. The molecule has 0 aliphatic carbocycles. The number of aryl methyl sites for hydroxylation is 3. The third-order valence-corrected chi connectivity index (χ3v) is 7.24. The number of aromatic nitrogens is 2. The Labute approximate surface area is 183 Å². The van der Waals surface area contributed by atoms with Crippen LogP contribution in [0.25, 0.3) is 5.69 Å². The van der Waals surface area contributed by atoms with E-state index in [0.29, 0.717) is 5.25 Å². The van der Waals surface area contributed by atoms with Crippen molar-refractivity contribution in [3.8, 4) is 5.69 Å². The molecule has 1 fully saturated rings. The van der Waals surface area contributed by atoms with E-state index in [1.54, 1.807) is 0 Å². The van der Waals surface area contributed by atoms with Crippen molar-refractivity contribution in [3.63, 3.8) is 0 Å². The minimum absolute atomic E-state index is 0.0365. The summed E-state index contributed by atoms with van der Waals surface area (Å²) in [4.78, 5) is 12.3. The Morgan fingerprint density at radius 1 is 1.00 bits per heavy atom. The quantitative estimate of drug-likeness (QED) is 0.549. The fourth-order valence-electron chi connectivity index (χ4n) is 5.02. The standard InChI is InChI=1S/C25H28N4S/c1-15-10-16(2)12-20(11-15)29-17(3)13-21(19(29)5)24-23(22-8-6-7-9-26-22)27-25-28(24)14-18(4)30-25/h6-13,18,23-24H,14H2,1-5H3. The zero-order chi connectivity index (χ0) is 21.0. The number of hydrogen-bond acceptors (Lipinski definition) is 4. The van der Waals surface area contributed by atoms with Crippen molar-refractivity contribution < 1.29 is 0 Å². The van der Waals surface area contributed by atoms with Gasteiger partial charge in [0.25, 0.3) is 0 Å². The van der Waals surface area contributed by atoms with Crippen LogP contribution in [0.3, 0.4) is 0 Å². The summed E-state index contributed by atoms with van der Waals surface area (Å²) in [5.74, 6) is 0. The largest absolute Gasteiger partial charge is 0.341 e. The van der Waals surface area contributed by atoms with E-state index < -0.39 is 0 Å². The summed E-state index contributed by atoms with van der Waals surface area (Å²) < 4.78 is 2.40. The van der Waals surface area contributed by atoms with Gasteiger partial charge in [-0.1, -0.05) is 30.8 Å². The van der Waals surface area contributed by atoms with E-state index >= 15 is 0 Å². The van der Waals surface area contributed by atoms with Crippen LogP contribution in [0.15, 0.2) is 53.7 Å². The summed E-state index contributed by atoms with van der Waals surface area (Å²) in [6, 6.07) is 15.5. The fourth-order valence-corrected chi connectivity index (χ4v) is 6.11. The van der Waals surface area contributed by atoms with E-state index in [1.165, 1.54) is 38.9 Å². The summed E-state index contributed by atoms with van der Waals surface area (Å²) in [6.45, 7) is 12.1. The van der Waals surface area contributed by atoms with Gasteiger partial charge in [-0.2, -0.15) is 0 Å². The number of pyridine rings is 1. The highest BCUT2D eigenvalue weighted by atomic mass is 32.2. The van der Waals surface area contributed by atoms with Gasteiger partial charge in [-0.15, -0.1) is 0 Å². The average molecular weight is 417 g/mol. The van der Waals surface area contributed by atoms with E-state index in [4.69, 9.17) is 4.99 Å². The van der Waals surface area contributed by atoms with E-state index in [-0.39, 0.29) is 12.1 Å². The zero-order valence-corrected chi connectivity index (χ0v) is 19.1. The van der Waals surface area contributed by atoms with Gasteiger partial charge in [0.2, 0.25) is 0 Å². The first kappa shape index (κ1) is 19.4. The molecule has 5 heteroatoms. The topological polar surface area (TPSA) is 33.4 Å². The third kappa shape index (κ3) is 3.16. The SMILES string of the molecule is Cc1cc(C)cc(-n2c(C)cc(C3C(c4ccccn4)N=C4SC(C)CN43)c2C)c1. The molecule has 3 atom stereocenters. The molecule has 0 spiro atoms. The van der Waals surface area contributed by atoms with E-state index in [1.807, 2.05) is 24.0 Å². The van der Waals surface area contributed by atoms with Crippen molar-refractivity contribution in [1.29, 1.82) is 0 Å². The molecule has 5 rings (SSSR count). The minimum atomic E-state index is 0.0365. The van der Waals surface area contributed by atoms with Gasteiger partial charge in [-0.25, -0.2) is 0 Å². The van der Waals surface area contributed by atoms with Gasteiger partial charge in [0.05, 0.1) is 11.7 Å². The predicted molar refractivity (Wildman–Crippen MR) is 126 cm³/mol. The molecule has 4 nitrogen and oxygen atoms in total. The van der Waals surface area contributed by atoms with Crippen molar-refractivity contribution in [1.82, 2.24) is 14.5 Å². The molecule has 1 aromatic carbocycles. The number of benzene rings is 1. The minimum Gasteiger partial charge on any atom is -0.341 e. The molecule has 154 valence electrons. The molecule has 3 unspecified atom stereocenters. The van der Waals surface area contributed by atoms with Crippen LogP contribution in [0.5, 0.6) is 0 Å². The first-order valence-electron chi connectivity index (χ1n) is 10.6. The summed E-state index contributed by atoms with van der Waals surface area (Å²) in [7, 11) is 0. The highest BCUT2D eigenvalue weighted by molar-refractivity contribution is 8.14. The highest BCUT2D eigenvalue weighted by Crippen LogP contribution is 2.48. The van der Waals surface area contributed by atoms with Gasteiger partial charge >= 0.3 is 0 Å². The Bertz CT molecular complexity index is 1110. The second kappa shape index (κ2) is 7.31. The Hall–Kier alpha value is -2.53.